The predicted molar refractivity (Wildman–Crippen MR) is 102 cm³/mol. The lowest BCUT2D eigenvalue weighted by molar-refractivity contribution is -0.119. The summed E-state index contributed by atoms with van der Waals surface area (Å²) >= 11 is 7.35. The van der Waals surface area contributed by atoms with Gasteiger partial charge in [0.25, 0.3) is 0 Å². The summed E-state index contributed by atoms with van der Waals surface area (Å²) in [6.07, 6.45) is 6.79. The fourth-order valence-electron chi connectivity index (χ4n) is 3.01. The molecule has 1 aliphatic rings. The van der Waals surface area contributed by atoms with E-state index in [0.717, 1.165) is 36.1 Å². The van der Waals surface area contributed by atoms with Crippen molar-refractivity contribution in [2.45, 2.75) is 58.6 Å². The Balaban J connectivity index is 1.87. The van der Waals surface area contributed by atoms with E-state index in [-0.39, 0.29) is 18.0 Å². The number of carbonyl (C=O) groups is 2. The van der Waals surface area contributed by atoms with Crippen molar-refractivity contribution in [3.63, 3.8) is 0 Å². The molecule has 3 rings (SSSR count). The highest BCUT2D eigenvalue weighted by molar-refractivity contribution is 7.17. The fourth-order valence-corrected chi connectivity index (χ4v) is 4.43. The number of fused-ring (bicyclic) bond motifs is 1. The van der Waals surface area contributed by atoms with Crippen LogP contribution in [-0.2, 0) is 22.4 Å². The third-order valence-electron chi connectivity index (χ3n) is 4.30. The monoisotopic (exact) mass is 395 g/mol. The highest BCUT2D eigenvalue weighted by Gasteiger charge is 2.29. The van der Waals surface area contributed by atoms with Crippen LogP contribution in [-0.4, -0.2) is 27.8 Å². The van der Waals surface area contributed by atoms with Crippen LogP contribution in [0.5, 0.6) is 0 Å². The van der Waals surface area contributed by atoms with Gasteiger partial charge in [-0.3, -0.25) is 9.48 Å². The van der Waals surface area contributed by atoms with Crippen molar-refractivity contribution in [1.29, 1.82) is 0 Å². The lowest BCUT2D eigenvalue weighted by Crippen LogP contribution is -2.25. The Morgan fingerprint density at radius 1 is 1.31 bits per heavy atom. The van der Waals surface area contributed by atoms with E-state index < -0.39 is 6.04 Å². The first-order chi connectivity index (χ1) is 12.4. The van der Waals surface area contributed by atoms with Crippen LogP contribution in [0.3, 0.4) is 0 Å². The van der Waals surface area contributed by atoms with Crippen LogP contribution >= 0.6 is 22.9 Å². The van der Waals surface area contributed by atoms with Crippen molar-refractivity contribution in [1.82, 2.24) is 9.78 Å². The first-order valence-electron chi connectivity index (χ1n) is 8.73. The minimum atomic E-state index is -0.546. The van der Waals surface area contributed by atoms with Gasteiger partial charge in [-0.1, -0.05) is 11.6 Å². The van der Waals surface area contributed by atoms with Crippen LogP contribution in [0.1, 0.15) is 60.5 Å². The number of thiophene rings is 1. The van der Waals surface area contributed by atoms with Crippen molar-refractivity contribution >= 4 is 39.8 Å². The predicted octanol–water partition coefficient (Wildman–Crippen LogP) is 4.24. The van der Waals surface area contributed by atoms with Gasteiger partial charge in [0.1, 0.15) is 11.0 Å². The second-order valence-corrected chi connectivity index (χ2v) is 8.21. The SMILES string of the molecule is CC(C)OC(=O)c1c(NC(=O)C(C)n2cc(Cl)cn2)sc2c1CCCC2. The molecule has 0 bridgehead atoms. The Kier molecular flexibility index (Phi) is 5.67. The lowest BCUT2D eigenvalue weighted by atomic mass is 9.95. The number of aromatic nitrogens is 2. The second-order valence-electron chi connectivity index (χ2n) is 6.67. The van der Waals surface area contributed by atoms with Crippen LogP contribution < -0.4 is 5.32 Å². The van der Waals surface area contributed by atoms with Crippen LogP contribution in [0.2, 0.25) is 5.02 Å². The smallest absolute Gasteiger partial charge is 0.341 e. The highest BCUT2D eigenvalue weighted by Crippen LogP contribution is 2.39. The van der Waals surface area contributed by atoms with Gasteiger partial charge >= 0.3 is 5.97 Å². The van der Waals surface area contributed by atoms with E-state index in [4.69, 9.17) is 16.3 Å². The van der Waals surface area contributed by atoms with Gasteiger partial charge in [-0.2, -0.15) is 5.10 Å². The average molecular weight is 396 g/mol. The second kappa shape index (κ2) is 7.80. The molecular formula is C18H22ClN3O3S. The van der Waals surface area contributed by atoms with E-state index in [9.17, 15) is 9.59 Å². The standard InChI is InChI=1S/C18H22ClN3O3S/c1-10(2)25-18(24)15-13-6-4-5-7-14(13)26-17(15)21-16(23)11(3)22-9-12(19)8-20-22/h8-11H,4-7H2,1-3H3,(H,21,23). The Bertz CT molecular complexity index is 828. The number of nitrogens with one attached hydrogen (secondary N) is 1. The number of halogens is 1. The fraction of sp³-hybridized carbons (Fsp3) is 0.500. The largest absolute Gasteiger partial charge is 0.459 e. The molecule has 1 N–H and O–H groups in total. The number of rotatable bonds is 5. The van der Waals surface area contributed by atoms with Gasteiger partial charge in [0, 0.05) is 11.1 Å². The number of hydrogen-bond donors (Lipinski definition) is 1. The molecule has 0 aliphatic heterocycles. The molecule has 26 heavy (non-hydrogen) atoms. The Hall–Kier alpha value is -1.86. The normalized spacial score (nSPS) is 14.8. The number of nitrogens with zero attached hydrogens (tertiary/aromatic N) is 2. The molecule has 0 radical (unpaired) electrons. The first kappa shape index (κ1) is 18.9. The highest BCUT2D eigenvalue weighted by atomic mass is 35.5. The van der Waals surface area contributed by atoms with Gasteiger partial charge in [-0.05, 0) is 52.0 Å². The third-order valence-corrected chi connectivity index (χ3v) is 5.70. The third kappa shape index (κ3) is 3.94. The molecule has 1 aliphatic carbocycles. The van der Waals surface area contributed by atoms with Gasteiger partial charge in [0.15, 0.2) is 0 Å². The van der Waals surface area contributed by atoms with Gasteiger partial charge in [0.2, 0.25) is 5.91 Å². The van der Waals surface area contributed by atoms with Crippen LogP contribution in [0.25, 0.3) is 0 Å². The molecule has 0 spiro atoms. The molecule has 140 valence electrons. The van der Waals surface area contributed by atoms with Crippen LogP contribution in [0, 0.1) is 0 Å². The van der Waals surface area contributed by atoms with Crippen molar-refractivity contribution < 1.29 is 14.3 Å². The molecule has 0 fully saturated rings. The Morgan fingerprint density at radius 3 is 2.69 bits per heavy atom. The molecular weight excluding hydrogens is 374 g/mol. The molecule has 1 unspecified atom stereocenters. The summed E-state index contributed by atoms with van der Waals surface area (Å²) in [6, 6.07) is -0.546. The quantitative estimate of drug-likeness (QED) is 0.768. The van der Waals surface area contributed by atoms with Crippen molar-refractivity contribution in [3.8, 4) is 0 Å². The molecule has 0 aromatic carbocycles. The maximum Gasteiger partial charge on any atom is 0.341 e. The number of ether oxygens (including phenoxy) is 1. The zero-order valence-electron chi connectivity index (χ0n) is 15.0. The first-order valence-corrected chi connectivity index (χ1v) is 9.92. The van der Waals surface area contributed by atoms with Gasteiger partial charge in [-0.15, -0.1) is 11.3 Å². The summed E-state index contributed by atoms with van der Waals surface area (Å²) in [5.41, 5.74) is 1.54. The van der Waals surface area contributed by atoms with Crippen molar-refractivity contribution in [2.24, 2.45) is 0 Å². The summed E-state index contributed by atoms with van der Waals surface area (Å²) in [7, 11) is 0. The molecule has 2 aromatic rings. The van der Waals surface area contributed by atoms with E-state index in [0.29, 0.717) is 15.6 Å². The van der Waals surface area contributed by atoms with E-state index in [1.807, 2.05) is 13.8 Å². The maximum absolute atomic E-state index is 12.7. The van der Waals surface area contributed by atoms with Gasteiger partial charge < -0.3 is 10.1 Å². The minimum Gasteiger partial charge on any atom is -0.459 e. The molecule has 2 aromatic heterocycles. The number of carbonyl (C=O) groups excluding carboxylic acids is 2. The Morgan fingerprint density at radius 2 is 2.04 bits per heavy atom. The number of anilines is 1. The van der Waals surface area contributed by atoms with E-state index in [1.54, 1.807) is 13.1 Å². The molecule has 1 atom stereocenters. The lowest BCUT2D eigenvalue weighted by Gasteiger charge is -2.15. The minimum absolute atomic E-state index is 0.213. The molecule has 0 saturated heterocycles. The molecule has 2 heterocycles. The Labute approximate surface area is 161 Å². The van der Waals surface area contributed by atoms with Crippen LogP contribution in [0.15, 0.2) is 12.4 Å². The summed E-state index contributed by atoms with van der Waals surface area (Å²) in [5.74, 6) is -0.619. The van der Waals surface area contributed by atoms with Crippen molar-refractivity contribution in [3.05, 3.63) is 33.4 Å². The van der Waals surface area contributed by atoms with E-state index in [2.05, 4.69) is 10.4 Å². The average Bonchev–Trinajstić information content (AvgIpc) is 3.16. The maximum atomic E-state index is 12.7. The number of hydrogen-bond acceptors (Lipinski definition) is 5. The molecule has 1 amide bonds. The molecule has 0 saturated carbocycles. The van der Waals surface area contributed by atoms with Gasteiger partial charge in [0.05, 0.1) is 22.9 Å². The van der Waals surface area contributed by atoms with E-state index >= 15 is 0 Å². The summed E-state index contributed by atoms with van der Waals surface area (Å²) in [4.78, 5) is 26.5. The zero-order valence-corrected chi connectivity index (χ0v) is 16.6. The summed E-state index contributed by atoms with van der Waals surface area (Å²) < 4.78 is 6.91. The summed E-state index contributed by atoms with van der Waals surface area (Å²) in [5, 5.41) is 8.02. The number of esters is 1. The van der Waals surface area contributed by atoms with Crippen LogP contribution in [0.4, 0.5) is 5.00 Å². The number of amides is 1. The topological polar surface area (TPSA) is 73.2 Å². The number of aryl methyl sites for hydroxylation is 1. The van der Waals surface area contributed by atoms with Gasteiger partial charge in [-0.25, -0.2) is 4.79 Å². The van der Waals surface area contributed by atoms with Crippen molar-refractivity contribution in [2.75, 3.05) is 5.32 Å². The van der Waals surface area contributed by atoms with E-state index in [1.165, 1.54) is 22.2 Å². The zero-order chi connectivity index (χ0) is 18.8. The summed E-state index contributed by atoms with van der Waals surface area (Å²) in [6.45, 7) is 5.37. The molecule has 8 heteroatoms. The molecule has 6 nitrogen and oxygen atoms in total.